The maximum Gasteiger partial charge on any atom is 0.124 e. The van der Waals surface area contributed by atoms with E-state index in [-0.39, 0.29) is 5.82 Å². The van der Waals surface area contributed by atoms with Crippen molar-refractivity contribution in [3.05, 3.63) is 34.1 Å². The molecule has 0 bridgehead atoms. The predicted octanol–water partition coefficient (Wildman–Crippen LogP) is 4.20. The average Bonchev–Trinajstić information content (AvgIpc) is 2.68. The molecule has 3 heteroatoms. The molecule has 0 aromatic heterocycles. The normalized spacial score (nSPS) is 18.9. The first-order valence-electron chi connectivity index (χ1n) is 5.79. The molecule has 1 nitrogen and oxygen atoms in total. The minimum atomic E-state index is -0.532. The third kappa shape index (κ3) is 3.05. The number of aliphatic hydroxyl groups excluding tert-OH is 1. The largest absolute Gasteiger partial charge is 0.388 e. The van der Waals surface area contributed by atoms with E-state index in [2.05, 4.69) is 15.9 Å². The van der Waals surface area contributed by atoms with Gasteiger partial charge in [0, 0.05) is 4.47 Å². The summed E-state index contributed by atoms with van der Waals surface area (Å²) in [6, 6.07) is 4.62. The zero-order valence-electron chi connectivity index (χ0n) is 9.13. The van der Waals surface area contributed by atoms with Crippen molar-refractivity contribution in [3.63, 3.8) is 0 Å². The topological polar surface area (TPSA) is 20.2 Å². The fraction of sp³-hybridized carbons (Fsp3) is 0.538. The van der Waals surface area contributed by atoms with E-state index >= 15 is 0 Å². The van der Waals surface area contributed by atoms with Crippen LogP contribution < -0.4 is 0 Å². The molecule has 0 heterocycles. The maximum absolute atomic E-state index is 13.2. The lowest BCUT2D eigenvalue weighted by Gasteiger charge is -2.16. The first-order valence-corrected chi connectivity index (χ1v) is 6.58. The molecule has 16 heavy (non-hydrogen) atoms. The number of aliphatic hydroxyl groups is 1. The molecule has 1 aliphatic carbocycles. The second-order valence-electron chi connectivity index (χ2n) is 4.60. The molecule has 1 aromatic carbocycles. The van der Waals surface area contributed by atoms with Crippen LogP contribution in [0.25, 0.3) is 0 Å². The number of benzene rings is 1. The SMILES string of the molecule is OC(CC1CCCC1)c1cc(F)cc(Br)c1. The quantitative estimate of drug-likeness (QED) is 0.883. The summed E-state index contributed by atoms with van der Waals surface area (Å²) in [5.41, 5.74) is 0.679. The van der Waals surface area contributed by atoms with Gasteiger partial charge in [-0.1, -0.05) is 41.6 Å². The standard InChI is InChI=1S/C13H16BrFO/c14-11-6-10(7-12(15)8-11)13(16)5-9-3-1-2-4-9/h6-9,13,16H,1-5H2. The molecule has 1 saturated carbocycles. The van der Waals surface area contributed by atoms with Crippen LogP contribution in [0.2, 0.25) is 0 Å². The van der Waals surface area contributed by atoms with Gasteiger partial charge in [-0.3, -0.25) is 0 Å². The van der Waals surface area contributed by atoms with Crippen molar-refractivity contribution in [1.82, 2.24) is 0 Å². The molecule has 1 aromatic rings. The lowest BCUT2D eigenvalue weighted by molar-refractivity contribution is 0.144. The lowest BCUT2D eigenvalue weighted by Crippen LogP contribution is -2.04. The molecule has 2 rings (SSSR count). The number of rotatable bonds is 3. The average molecular weight is 287 g/mol. The Morgan fingerprint density at radius 2 is 2.00 bits per heavy atom. The third-order valence-electron chi connectivity index (χ3n) is 3.30. The van der Waals surface area contributed by atoms with Gasteiger partial charge < -0.3 is 5.11 Å². The van der Waals surface area contributed by atoms with E-state index in [1.807, 2.05) is 0 Å². The molecule has 88 valence electrons. The Kier molecular flexibility index (Phi) is 3.98. The molecule has 1 unspecified atom stereocenters. The van der Waals surface area contributed by atoms with E-state index in [4.69, 9.17) is 0 Å². The summed E-state index contributed by atoms with van der Waals surface area (Å²) in [6.45, 7) is 0. The van der Waals surface area contributed by atoms with E-state index < -0.39 is 6.10 Å². The van der Waals surface area contributed by atoms with Gasteiger partial charge in [0.25, 0.3) is 0 Å². The Labute approximate surface area is 104 Å². The minimum absolute atomic E-state index is 0.296. The second kappa shape index (κ2) is 5.28. The molecule has 1 N–H and O–H groups in total. The van der Waals surface area contributed by atoms with Crippen molar-refractivity contribution in [2.45, 2.75) is 38.2 Å². The number of hydrogen-bond donors (Lipinski definition) is 1. The highest BCUT2D eigenvalue weighted by atomic mass is 79.9. The molecular weight excluding hydrogens is 271 g/mol. The Balaban J connectivity index is 2.04. The summed E-state index contributed by atoms with van der Waals surface area (Å²) < 4.78 is 13.8. The maximum atomic E-state index is 13.2. The number of hydrogen-bond acceptors (Lipinski definition) is 1. The van der Waals surface area contributed by atoms with Gasteiger partial charge >= 0.3 is 0 Å². The fourth-order valence-electron chi connectivity index (χ4n) is 2.47. The highest BCUT2D eigenvalue weighted by Crippen LogP contribution is 2.33. The van der Waals surface area contributed by atoms with Crippen molar-refractivity contribution >= 4 is 15.9 Å². The smallest absolute Gasteiger partial charge is 0.124 e. The summed E-state index contributed by atoms with van der Waals surface area (Å²) in [5, 5.41) is 10.0. The van der Waals surface area contributed by atoms with Crippen LogP contribution in [0.4, 0.5) is 4.39 Å². The monoisotopic (exact) mass is 286 g/mol. The van der Waals surface area contributed by atoms with Gasteiger partial charge in [-0.2, -0.15) is 0 Å². The molecule has 1 atom stereocenters. The predicted molar refractivity (Wildman–Crippen MR) is 65.6 cm³/mol. The van der Waals surface area contributed by atoms with Gasteiger partial charge in [-0.25, -0.2) is 4.39 Å². The van der Waals surface area contributed by atoms with Crippen LogP contribution in [0.15, 0.2) is 22.7 Å². The van der Waals surface area contributed by atoms with Crippen LogP contribution in [0.3, 0.4) is 0 Å². The van der Waals surface area contributed by atoms with Crippen LogP contribution in [0, 0.1) is 11.7 Å². The van der Waals surface area contributed by atoms with Crippen molar-refractivity contribution in [3.8, 4) is 0 Å². The lowest BCUT2D eigenvalue weighted by atomic mass is 9.96. The highest BCUT2D eigenvalue weighted by Gasteiger charge is 2.20. The first-order chi connectivity index (χ1) is 7.65. The van der Waals surface area contributed by atoms with Crippen molar-refractivity contribution < 1.29 is 9.50 Å². The van der Waals surface area contributed by atoms with Crippen molar-refractivity contribution in [1.29, 1.82) is 0 Å². The molecule has 0 aliphatic heterocycles. The van der Waals surface area contributed by atoms with Gasteiger partial charge in [-0.05, 0) is 36.1 Å². The molecule has 0 radical (unpaired) electrons. The summed E-state index contributed by atoms with van der Waals surface area (Å²) in [5.74, 6) is 0.312. The van der Waals surface area contributed by atoms with Crippen molar-refractivity contribution in [2.24, 2.45) is 5.92 Å². The molecule has 0 spiro atoms. The van der Waals surface area contributed by atoms with Crippen LogP contribution in [0.1, 0.15) is 43.8 Å². The molecule has 1 fully saturated rings. The molecule has 1 aliphatic rings. The van der Waals surface area contributed by atoms with Gasteiger partial charge in [-0.15, -0.1) is 0 Å². The number of halogens is 2. The third-order valence-corrected chi connectivity index (χ3v) is 3.76. The van der Waals surface area contributed by atoms with Crippen LogP contribution >= 0.6 is 15.9 Å². The van der Waals surface area contributed by atoms with Gasteiger partial charge in [0.15, 0.2) is 0 Å². The van der Waals surface area contributed by atoms with E-state index in [9.17, 15) is 9.50 Å². The second-order valence-corrected chi connectivity index (χ2v) is 5.52. The Morgan fingerprint density at radius 1 is 1.31 bits per heavy atom. The van der Waals surface area contributed by atoms with Gasteiger partial charge in [0.2, 0.25) is 0 Å². The fourth-order valence-corrected chi connectivity index (χ4v) is 2.95. The van der Waals surface area contributed by atoms with Gasteiger partial charge in [0.1, 0.15) is 5.82 Å². The highest BCUT2D eigenvalue weighted by molar-refractivity contribution is 9.10. The summed E-state index contributed by atoms with van der Waals surface area (Å²) in [4.78, 5) is 0. The Morgan fingerprint density at radius 3 is 2.62 bits per heavy atom. The van der Waals surface area contributed by atoms with Crippen molar-refractivity contribution in [2.75, 3.05) is 0 Å². The van der Waals surface area contributed by atoms with Crippen LogP contribution in [0.5, 0.6) is 0 Å². The molecule has 0 amide bonds. The Hall–Kier alpha value is -0.410. The van der Waals surface area contributed by atoms with E-state index in [1.54, 1.807) is 6.07 Å². The first kappa shape index (κ1) is 12.1. The molecule has 0 saturated heterocycles. The summed E-state index contributed by atoms with van der Waals surface area (Å²) in [6.07, 6.45) is 5.17. The minimum Gasteiger partial charge on any atom is -0.388 e. The van der Waals surface area contributed by atoms with Gasteiger partial charge in [0.05, 0.1) is 6.10 Å². The Bertz CT molecular complexity index is 341. The van der Waals surface area contributed by atoms with E-state index in [0.29, 0.717) is 16.0 Å². The van der Waals surface area contributed by atoms with Crippen LogP contribution in [-0.2, 0) is 0 Å². The van der Waals surface area contributed by atoms with E-state index in [1.165, 1.54) is 37.8 Å². The molecular formula is C13H16BrFO. The zero-order valence-corrected chi connectivity index (χ0v) is 10.7. The zero-order chi connectivity index (χ0) is 11.5. The summed E-state index contributed by atoms with van der Waals surface area (Å²) >= 11 is 3.24. The van der Waals surface area contributed by atoms with E-state index in [0.717, 1.165) is 6.42 Å². The summed E-state index contributed by atoms with van der Waals surface area (Å²) in [7, 11) is 0. The van der Waals surface area contributed by atoms with Crippen LogP contribution in [-0.4, -0.2) is 5.11 Å².